The van der Waals surface area contributed by atoms with E-state index < -0.39 is 0 Å². The van der Waals surface area contributed by atoms with Crippen molar-refractivity contribution in [2.75, 3.05) is 13.2 Å². The summed E-state index contributed by atoms with van der Waals surface area (Å²) >= 11 is 1.80. The van der Waals surface area contributed by atoms with Crippen LogP contribution in [0.3, 0.4) is 0 Å². The Morgan fingerprint density at radius 1 is 1.24 bits per heavy atom. The molecule has 21 heavy (non-hydrogen) atoms. The molecule has 2 heterocycles. The lowest BCUT2D eigenvalue weighted by Gasteiger charge is -2.08. The molecule has 110 valence electrons. The first kappa shape index (κ1) is 14.2. The van der Waals surface area contributed by atoms with E-state index in [9.17, 15) is 0 Å². The van der Waals surface area contributed by atoms with Gasteiger partial charge in [0.25, 0.3) is 0 Å². The molecule has 0 amide bonds. The summed E-state index contributed by atoms with van der Waals surface area (Å²) in [6.45, 7) is 5.61. The van der Waals surface area contributed by atoms with E-state index in [1.165, 1.54) is 15.8 Å². The maximum Gasteiger partial charge on any atom is 0.120 e. The van der Waals surface area contributed by atoms with Crippen molar-refractivity contribution in [3.63, 3.8) is 0 Å². The molecule has 0 aliphatic heterocycles. The number of hydrogen-bond donors (Lipinski definition) is 1. The highest BCUT2D eigenvalue weighted by Crippen LogP contribution is 2.22. The number of fused-ring (bicyclic) bond motifs is 1. The third-order valence-electron chi connectivity index (χ3n) is 3.46. The maximum absolute atomic E-state index is 5.54. The first-order valence-electron chi connectivity index (χ1n) is 7.31. The van der Waals surface area contributed by atoms with E-state index in [1.54, 1.807) is 11.3 Å². The van der Waals surface area contributed by atoms with Gasteiger partial charge in [0.05, 0.1) is 6.61 Å². The Morgan fingerprint density at radius 3 is 3.00 bits per heavy atom. The molecule has 0 atom stereocenters. The zero-order valence-corrected chi connectivity index (χ0v) is 13.0. The molecule has 0 spiro atoms. The van der Waals surface area contributed by atoms with E-state index in [2.05, 4.69) is 51.8 Å². The van der Waals surface area contributed by atoms with Crippen molar-refractivity contribution in [3.8, 4) is 5.75 Å². The van der Waals surface area contributed by atoms with Crippen molar-refractivity contribution in [1.82, 2.24) is 9.88 Å². The predicted octanol–water partition coefficient (Wildman–Crippen LogP) is 3.89. The summed E-state index contributed by atoms with van der Waals surface area (Å²) in [7, 11) is 0. The normalized spacial score (nSPS) is 11.1. The molecule has 0 unspecified atom stereocenters. The summed E-state index contributed by atoms with van der Waals surface area (Å²) in [6.07, 6.45) is 2.15. The minimum atomic E-state index is 0.707. The minimum Gasteiger partial charge on any atom is -0.494 e. The highest BCUT2D eigenvalue weighted by atomic mass is 32.1. The van der Waals surface area contributed by atoms with Gasteiger partial charge in [0.2, 0.25) is 0 Å². The van der Waals surface area contributed by atoms with Crippen molar-refractivity contribution in [2.45, 2.75) is 20.0 Å². The van der Waals surface area contributed by atoms with Gasteiger partial charge in [-0.2, -0.15) is 0 Å². The van der Waals surface area contributed by atoms with Gasteiger partial charge in [-0.05, 0) is 42.6 Å². The Hall–Kier alpha value is -1.78. The molecule has 0 saturated carbocycles. The fourth-order valence-corrected chi connectivity index (χ4v) is 3.13. The molecule has 0 radical (unpaired) electrons. The zero-order chi connectivity index (χ0) is 14.5. The molecule has 3 nitrogen and oxygen atoms in total. The van der Waals surface area contributed by atoms with Crippen LogP contribution in [0.4, 0.5) is 0 Å². The molecule has 2 aromatic heterocycles. The van der Waals surface area contributed by atoms with Crippen molar-refractivity contribution in [2.24, 2.45) is 0 Å². The number of hydrogen-bond acceptors (Lipinski definition) is 3. The predicted molar refractivity (Wildman–Crippen MR) is 89.1 cm³/mol. The molecule has 3 rings (SSSR count). The van der Waals surface area contributed by atoms with Crippen LogP contribution in [0.2, 0.25) is 0 Å². The maximum atomic E-state index is 5.54. The molecule has 0 bridgehead atoms. The van der Waals surface area contributed by atoms with Gasteiger partial charge in [0.15, 0.2) is 0 Å². The molecular formula is C17H20N2OS. The van der Waals surface area contributed by atoms with Gasteiger partial charge in [0.1, 0.15) is 5.75 Å². The van der Waals surface area contributed by atoms with Gasteiger partial charge in [-0.15, -0.1) is 11.3 Å². The number of benzene rings is 1. The first-order valence-corrected chi connectivity index (χ1v) is 8.19. The Kier molecular flexibility index (Phi) is 4.58. The molecule has 0 fully saturated rings. The van der Waals surface area contributed by atoms with Crippen LogP contribution < -0.4 is 10.1 Å². The lowest BCUT2D eigenvalue weighted by molar-refractivity contribution is 0.340. The Bertz CT molecular complexity index is 688. The van der Waals surface area contributed by atoms with Gasteiger partial charge in [-0.3, -0.25) is 0 Å². The summed E-state index contributed by atoms with van der Waals surface area (Å²) in [5.41, 5.74) is 1.26. The topological polar surface area (TPSA) is 26.2 Å². The van der Waals surface area contributed by atoms with E-state index in [1.807, 2.05) is 13.0 Å². The van der Waals surface area contributed by atoms with Crippen molar-refractivity contribution in [1.29, 1.82) is 0 Å². The van der Waals surface area contributed by atoms with Gasteiger partial charge in [0, 0.05) is 41.6 Å². The second kappa shape index (κ2) is 6.78. The van der Waals surface area contributed by atoms with Crippen molar-refractivity contribution in [3.05, 3.63) is 52.9 Å². The van der Waals surface area contributed by atoms with Gasteiger partial charge >= 0.3 is 0 Å². The number of thiophene rings is 1. The Balaban J connectivity index is 1.59. The fourth-order valence-electron chi connectivity index (χ4n) is 2.45. The fraction of sp³-hybridized carbons (Fsp3) is 0.294. The van der Waals surface area contributed by atoms with Crippen LogP contribution in [-0.2, 0) is 13.1 Å². The summed E-state index contributed by atoms with van der Waals surface area (Å²) < 4.78 is 7.83. The number of ether oxygens (including phenoxy) is 1. The van der Waals surface area contributed by atoms with Crippen LogP contribution in [0.25, 0.3) is 10.9 Å². The van der Waals surface area contributed by atoms with E-state index in [0.29, 0.717) is 6.61 Å². The third kappa shape index (κ3) is 3.46. The van der Waals surface area contributed by atoms with Gasteiger partial charge in [-0.25, -0.2) is 0 Å². The molecule has 4 heteroatoms. The number of aromatic nitrogens is 1. The Morgan fingerprint density at radius 2 is 2.19 bits per heavy atom. The largest absolute Gasteiger partial charge is 0.494 e. The van der Waals surface area contributed by atoms with Crippen molar-refractivity contribution < 1.29 is 4.74 Å². The van der Waals surface area contributed by atoms with Crippen LogP contribution in [-0.4, -0.2) is 17.7 Å². The molecule has 1 aromatic carbocycles. The van der Waals surface area contributed by atoms with Crippen molar-refractivity contribution >= 4 is 22.2 Å². The standard InChI is InChI=1S/C17H20N2OS/c1-2-20-15-5-6-17-14(12-15)7-9-19(17)10-8-18-13-16-4-3-11-21-16/h3-7,9,11-12,18H,2,8,10,13H2,1H3. The average molecular weight is 300 g/mol. The van der Waals surface area contributed by atoms with Gasteiger partial charge < -0.3 is 14.6 Å². The van der Waals surface area contributed by atoms with E-state index in [-0.39, 0.29) is 0 Å². The molecule has 3 aromatic rings. The summed E-state index contributed by atoms with van der Waals surface area (Å²) in [6, 6.07) is 12.7. The third-order valence-corrected chi connectivity index (χ3v) is 4.34. The SMILES string of the molecule is CCOc1ccc2c(ccn2CCNCc2cccs2)c1. The second-order valence-corrected chi connectivity index (χ2v) is 5.95. The van der Waals surface area contributed by atoms with Crippen LogP contribution >= 0.6 is 11.3 Å². The quantitative estimate of drug-likeness (QED) is 0.670. The molecular weight excluding hydrogens is 280 g/mol. The highest BCUT2D eigenvalue weighted by molar-refractivity contribution is 7.09. The van der Waals surface area contributed by atoms with E-state index in [0.717, 1.165) is 25.4 Å². The second-order valence-electron chi connectivity index (χ2n) is 4.92. The zero-order valence-electron chi connectivity index (χ0n) is 12.2. The number of nitrogens with zero attached hydrogens (tertiary/aromatic N) is 1. The first-order chi connectivity index (χ1) is 10.4. The number of nitrogens with one attached hydrogen (secondary N) is 1. The molecule has 0 aliphatic carbocycles. The average Bonchev–Trinajstić information content (AvgIpc) is 3.13. The highest BCUT2D eigenvalue weighted by Gasteiger charge is 2.02. The summed E-state index contributed by atoms with van der Waals surface area (Å²) in [5, 5.41) is 6.84. The van der Waals surface area contributed by atoms with E-state index in [4.69, 9.17) is 4.74 Å². The van der Waals surface area contributed by atoms with E-state index >= 15 is 0 Å². The summed E-state index contributed by atoms with van der Waals surface area (Å²) in [5.74, 6) is 0.943. The van der Waals surface area contributed by atoms with Crippen LogP contribution in [0.15, 0.2) is 48.0 Å². The molecule has 0 aliphatic rings. The molecule has 1 N–H and O–H groups in total. The van der Waals surface area contributed by atoms with Gasteiger partial charge in [-0.1, -0.05) is 6.07 Å². The lowest BCUT2D eigenvalue weighted by Crippen LogP contribution is -2.18. The van der Waals surface area contributed by atoms with Crippen LogP contribution in [0.1, 0.15) is 11.8 Å². The smallest absolute Gasteiger partial charge is 0.120 e. The Labute approximate surface area is 129 Å². The van der Waals surface area contributed by atoms with Crippen LogP contribution in [0.5, 0.6) is 5.75 Å². The monoisotopic (exact) mass is 300 g/mol. The lowest BCUT2D eigenvalue weighted by atomic mass is 10.2. The van der Waals surface area contributed by atoms with Crippen LogP contribution in [0, 0.1) is 0 Å². The minimum absolute atomic E-state index is 0.707. The number of rotatable bonds is 7. The summed E-state index contributed by atoms with van der Waals surface area (Å²) in [4.78, 5) is 1.38. The molecule has 0 saturated heterocycles.